The molecule has 10 heteroatoms. The number of nitrogens with zero attached hydrogens (tertiary/aromatic N) is 1. The largest absolute Gasteiger partial charge is 0.497 e. The third-order valence-electron chi connectivity index (χ3n) is 5.33. The van der Waals surface area contributed by atoms with Crippen molar-refractivity contribution in [2.75, 3.05) is 20.8 Å². The van der Waals surface area contributed by atoms with E-state index in [-0.39, 0.29) is 18.7 Å². The summed E-state index contributed by atoms with van der Waals surface area (Å²) in [5, 5.41) is 13.4. The summed E-state index contributed by atoms with van der Waals surface area (Å²) < 4.78 is 22.9. The van der Waals surface area contributed by atoms with Crippen LogP contribution in [0.4, 0.5) is 0 Å². The van der Waals surface area contributed by atoms with Gasteiger partial charge in [-0.05, 0) is 70.9 Å². The molecule has 0 bridgehead atoms. The third-order valence-corrected chi connectivity index (χ3v) is 6.50. The minimum Gasteiger partial charge on any atom is -0.497 e. The highest BCUT2D eigenvalue weighted by atomic mass is 79.9. The van der Waals surface area contributed by atoms with Crippen molar-refractivity contribution in [2.24, 2.45) is 0 Å². The Morgan fingerprint density at radius 2 is 1.79 bits per heavy atom. The highest BCUT2D eigenvalue weighted by Gasteiger charge is 2.16. The van der Waals surface area contributed by atoms with E-state index in [0.717, 1.165) is 11.1 Å². The molecule has 0 fully saturated rings. The first-order valence-corrected chi connectivity index (χ1v) is 13.0. The molecule has 7 nitrogen and oxygen atoms in total. The second-order valence-corrected chi connectivity index (χ2v) is 9.52. The van der Waals surface area contributed by atoms with Gasteiger partial charge in [-0.1, -0.05) is 29.3 Å². The van der Waals surface area contributed by atoms with Crippen LogP contribution in [-0.4, -0.2) is 26.7 Å². The van der Waals surface area contributed by atoms with E-state index < -0.39 is 5.91 Å². The number of amides is 1. The average Bonchev–Trinajstić information content (AvgIpc) is 2.90. The Balaban J connectivity index is 1.80. The molecule has 0 saturated heterocycles. The number of nitrogens with one attached hydrogen (secondary N) is 1. The van der Waals surface area contributed by atoms with Crippen molar-refractivity contribution in [3.05, 3.63) is 85.3 Å². The number of ether oxygens (including phenoxy) is 4. The van der Waals surface area contributed by atoms with Crippen molar-refractivity contribution >= 4 is 51.1 Å². The van der Waals surface area contributed by atoms with Crippen LogP contribution in [0.15, 0.2) is 58.6 Å². The fourth-order valence-corrected chi connectivity index (χ4v) is 4.48. The van der Waals surface area contributed by atoms with Crippen molar-refractivity contribution < 1.29 is 23.7 Å². The maximum Gasteiger partial charge on any atom is 0.262 e. The SMILES string of the molecule is CCOc1cc(/C=C(\C#N)C(=O)NCc2ccc(OC)cc2OC)cc(Br)c1OCc1ccc(Cl)cc1Cl. The van der Waals surface area contributed by atoms with E-state index in [1.165, 1.54) is 13.2 Å². The molecule has 0 unspecified atom stereocenters. The number of nitriles is 1. The number of halogens is 3. The molecular formula is C28H25BrCl2N2O5. The lowest BCUT2D eigenvalue weighted by Crippen LogP contribution is -2.24. The van der Waals surface area contributed by atoms with E-state index in [1.807, 2.05) is 13.0 Å². The van der Waals surface area contributed by atoms with Gasteiger partial charge in [-0.25, -0.2) is 0 Å². The summed E-state index contributed by atoms with van der Waals surface area (Å²) in [5.74, 6) is 1.57. The molecule has 0 aromatic heterocycles. The molecular weight excluding hydrogens is 595 g/mol. The minimum absolute atomic E-state index is 0.0755. The van der Waals surface area contributed by atoms with Gasteiger partial charge >= 0.3 is 0 Å². The first-order chi connectivity index (χ1) is 18.3. The molecule has 3 aromatic carbocycles. The van der Waals surface area contributed by atoms with Crippen molar-refractivity contribution in [1.82, 2.24) is 5.32 Å². The third kappa shape index (κ3) is 7.57. The van der Waals surface area contributed by atoms with Gasteiger partial charge in [-0.2, -0.15) is 5.26 Å². The van der Waals surface area contributed by atoms with Crippen LogP contribution >= 0.6 is 39.1 Å². The predicted molar refractivity (Wildman–Crippen MR) is 151 cm³/mol. The quantitative estimate of drug-likeness (QED) is 0.184. The first-order valence-electron chi connectivity index (χ1n) is 11.4. The van der Waals surface area contributed by atoms with E-state index in [4.69, 9.17) is 42.1 Å². The molecule has 0 saturated carbocycles. The van der Waals surface area contributed by atoms with Gasteiger partial charge in [0.1, 0.15) is 29.7 Å². The number of hydrogen-bond donors (Lipinski definition) is 1. The molecule has 0 aliphatic heterocycles. The second kappa shape index (κ2) is 14.0. The summed E-state index contributed by atoms with van der Waals surface area (Å²) in [6.07, 6.45) is 1.48. The van der Waals surface area contributed by atoms with Gasteiger partial charge < -0.3 is 24.3 Å². The minimum atomic E-state index is -0.530. The van der Waals surface area contributed by atoms with Crippen LogP contribution in [0, 0.1) is 11.3 Å². The summed E-state index contributed by atoms with van der Waals surface area (Å²) in [5.41, 5.74) is 1.99. The van der Waals surface area contributed by atoms with Gasteiger partial charge in [-0.3, -0.25) is 4.79 Å². The van der Waals surface area contributed by atoms with E-state index in [2.05, 4.69) is 21.2 Å². The number of rotatable bonds is 11. The topological polar surface area (TPSA) is 89.8 Å². The number of carbonyl (C=O) groups excluding carboxylic acids is 1. The van der Waals surface area contributed by atoms with Crippen LogP contribution in [0.3, 0.4) is 0 Å². The van der Waals surface area contributed by atoms with Crippen LogP contribution in [0.1, 0.15) is 23.6 Å². The number of hydrogen-bond acceptors (Lipinski definition) is 6. The van der Waals surface area contributed by atoms with Gasteiger partial charge in [0.25, 0.3) is 5.91 Å². The monoisotopic (exact) mass is 618 g/mol. The number of methoxy groups -OCH3 is 2. The zero-order chi connectivity index (χ0) is 27.7. The van der Waals surface area contributed by atoms with Crippen LogP contribution in [0.2, 0.25) is 10.0 Å². The molecule has 0 atom stereocenters. The Morgan fingerprint density at radius 3 is 2.45 bits per heavy atom. The van der Waals surface area contributed by atoms with Crippen LogP contribution < -0.4 is 24.3 Å². The zero-order valence-corrected chi connectivity index (χ0v) is 24.0. The molecule has 0 aliphatic rings. The lowest BCUT2D eigenvalue weighted by molar-refractivity contribution is -0.117. The number of benzene rings is 3. The van der Waals surface area contributed by atoms with Gasteiger partial charge in [0.2, 0.25) is 0 Å². The van der Waals surface area contributed by atoms with Crippen molar-refractivity contribution in [1.29, 1.82) is 5.26 Å². The molecule has 3 aromatic rings. The summed E-state index contributed by atoms with van der Waals surface area (Å²) in [6.45, 7) is 2.58. The summed E-state index contributed by atoms with van der Waals surface area (Å²) in [4.78, 5) is 12.8. The molecule has 38 heavy (non-hydrogen) atoms. The first kappa shape index (κ1) is 29.2. The Bertz CT molecular complexity index is 1390. The maximum absolute atomic E-state index is 12.8. The zero-order valence-electron chi connectivity index (χ0n) is 20.9. The van der Waals surface area contributed by atoms with Gasteiger partial charge in [0.05, 0.1) is 25.3 Å². The van der Waals surface area contributed by atoms with Crippen LogP contribution in [-0.2, 0) is 17.9 Å². The van der Waals surface area contributed by atoms with Crippen LogP contribution in [0.5, 0.6) is 23.0 Å². The van der Waals surface area contributed by atoms with Crippen molar-refractivity contribution in [3.63, 3.8) is 0 Å². The molecule has 0 aliphatic carbocycles. The highest BCUT2D eigenvalue weighted by molar-refractivity contribution is 9.10. The van der Waals surface area contributed by atoms with Gasteiger partial charge in [0, 0.05) is 33.8 Å². The van der Waals surface area contributed by atoms with Crippen LogP contribution in [0.25, 0.3) is 6.08 Å². The van der Waals surface area contributed by atoms with Gasteiger partial charge in [0.15, 0.2) is 11.5 Å². The Labute approximate surface area is 240 Å². The average molecular weight is 620 g/mol. The standard InChI is InChI=1S/C28H25BrCl2N2O5/c1-4-37-26-11-17(10-23(29)27(26)38-16-19-5-7-21(30)12-24(19)31)9-20(14-32)28(34)33-15-18-6-8-22(35-2)13-25(18)36-3/h5-13H,4,15-16H2,1-3H3,(H,33,34)/b20-9+. The fraction of sp³-hybridized carbons (Fsp3) is 0.214. The Kier molecular flexibility index (Phi) is 10.7. The fourth-order valence-electron chi connectivity index (χ4n) is 3.45. The van der Waals surface area contributed by atoms with Gasteiger partial charge in [-0.15, -0.1) is 0 Å². The van der Waals surface area contributed by atoms with Crippen molar-refractivity contribution in [3.8, 4) is 29.1 Å². The molecule has 198 valence electrons. The normalized spacial score (nSPS) is 10.9. The lowest BCUT2D eigenvalue weighted by Gasteiger charge is -2.15. The summed E-state index contributed by atoms with van der Waals surface area (Å²) in [6, 6.07) is 15.8. The smallest absolute Gasteiger partial charge is 0.262 e. The molecule has 3 rings (SSSR count). The summed E-state index contributed by atoms with van der Waals surface area (Å²) >= 11 is 15.8. The second-order valence-electron chi connectivity index (χ2n) is 7.82. The highest BCUT2D eigenvalue weighted by Crippen LogP contribution is 2.38. The van der Waals surface area contributed by atoms with E-state index in [1.54, 1.807) is 55.6 Å². The number of carbonyl (C=O) groups is 1. The van der Waals surface area contributed by atoms with E-state index in [9.17, 15) is 10.1 Å². The van der Waals surface area contributed by atoms with Crippen molar-refractivity contribution in [2.45, 2.75) is 20.1 Å². The molecule has 1 N–H and O–H groups in total. The summed E-state index contributed by atoms with van der Waals surface area (Å²) in [7, 11) is 3.09. The predicted octanol–water partition coefficient (Wildman–Crippen LogP) is 6.97. The molecule has 1 amide bonds. The molecule has 0 radical (unpaired) electrons. The maximum atomic E-state index is 12.8. The Hall–Kier alpha value is -3.38. The Morgan fingerprint density at radius 1 is 1.03 bits per heavy atom. The lowest BCUT2D eigenvalue weighted by atomic mass is 10.1. The van der Waals surface area contributed by atoms with E-state index in [0.29, 0.717) is 49.7 Å². The molecule has 0 spiro atoms. The van der Waals surface area contributed by atoms with E-state index >= 15 is 0 Å². The molecule has 0 heterocycles.